The fourth-order valence-electron chi connectivity index (χ4n) is 1.49. The van der Waals surface area contributed by atoms with Crippen LogP contribution >= 0.6 is 0 Å². The molecule has 0 atom stereocenters. The van der Waals surface area contributed by atoms with E-state index >= 15 is 0 Å². The van der Waals surface area contributed by atoms with E-state index in [1.165, 1.54) is 20.0 Å². The highest BCUT2D eigenvalue weighted by Gasteiger charge is 2.24. The third-order valence-corrected chi connectivity index (χ3v) is 2.41. The minimum absolute atomic E-state index is 0.157. The van der Waals surface area contributed by atoms with Gasteiger partial charge in [-0.25, -0.2) is 9.97 Å². The summed E-state index contributed by atoms with van der Waals surface area (Å²) in [7, 11) is 1.43. The zero-order chi connectivity index (χ0) is 10.1. The molecule has 0 aromatic carbocycles. The number of aryl methyl sites for hydroxylation is 1. The van der Waals surface area contributed by atoms with Gasteiger partial charge in [0.05, 0.1) is 12.8 Å². The molecule has 0 radical (unpaired) electrons. The first-order valence-corrected chi connectivity index (χ1v) is 4.77. The van der Waals surface area contributed by atoms with E-state index in [4.69, 9.17) is 4.74 Å². The molecule has 1 aliphatic rings. The second-order valence-electron chi connectivity index (χ2n) is 3.70. The monoisotopic (exact) mass is 196 g/mol. The van der Waals surface area contributed by atoms with Gasteiger partial charge in [-0.2, -0.15) is 4.39 Å². The van der Waals surface area contributed by atoms with Gasteiger partial charge in [0, 0.05) is 6.42 Å². The lowest BCUT2D eigenvalue weighted by atomic mass is 10.2. The fraction of sp³-hybridized carbons (Fsp3) is 0.600. The highest BCUT2D eigenvalue weighted by atomic mass is 19.1. The highest BCUT2D eigenvalue weighted by molar-refractivity contribution is 5.25. The first kappa shape index (κ1) is 9.37. The third kappa shape index (κ3) is 1.84. The van der Waals surface area contributed by atoms with E-state index in [-0.39, 0.29) is 5.75 Å². The normalized spacial score (nSPS) is 15.6. The van der Waals surface area contributed by atoms with Gasteiger partial charge < -0.3 is 4.74 Å². The molecule has 1 aromatic rings. The second kappa shape index (κ2) is 3.52. The summed E-state index contributed by atoms with van der Waals surface area (Å²) in [6.07, 6.45) is 3.23. The van der Waals surface area contributed by atoms with Crippen LogP contribution in [0.2, 0.25) is 0 Å². The Morgan fingerprint density at radius 2 is 2.14 bits per heavy atom. The number of methoxy groups -OCH3 is 1. The van der Waals surface area contributed by atoms with Gasteiger partial charge in [0.1, 0.15) is 5.82 Å². The number of hydrogen-bond acceptors (Lipinski definition) is 3. The topological polar surface area (TPSA) is 35.0 Å². The molecule has 0 unspecified atom stereocenters. The van der Waals surface area contributed by atoms with Crippen molar-refractivity contribution in [2.75, 3.05) is 7.11 Å². The standard InChI is InChI=1S/C10H13FN2O/c1-6-9(14-2)10(11)13-8(12-6)5-7-3-4-7/h7H,3-5H2,1-2H3. The van der Waals surface area contributed by atoms with Crippen LogP contribution in [0.5, 0.6) is 5.75 Å². The third-order valence-electron chi connectivity index (χ3n) is 2.41. The summed E-state index contributed by atoms with van der Waals surface area (Å²) in [5.74, 6) is 0.880. The molecule has 1 fully saturated rings. The molecule has 1 saturated carbocycles. The maximum absolute atomic E-state index is 13.3. The number of hydrogen-bond donors (Lipinski definition) is 0. The van der Waals surface area contributed by atoms with Crippen LogP contribution in [0.25, 0.3) is 0 Å². The second-order valence-corrected chi connectivity index (χ2v) is 3.70. The Labute approximate surface area is 82.3 Å². The Morgan fingerprint density at radius 3 is 2.64 bits per heavy atom. The van der Waals surface area contributed by atoms with E-state index in [1.807, 2.05) is 0 Å². The maximum atomic E-state index is 13.3. The minimum atomic E-state index is -0.546. The molecule has 1 heterocycles. The zero-order valence-corrected chi connectivity index (χ0v) is 8.38. The van der Waals surface area contributed by atoms with Crippen molar-refractivity contribution in [3.63, 3.8) is 0 Å². The lowest BCUT2D eigenvalue weighted by Gasteiger charge is -2.06. The number of aromatic nitrogens is 2. The Kier molecular flexibility index (Phi) is 2.35. The minimum Gasteiger partial charge on any atom is -0.490 e. The fourth-order valence-corrected chi connectivity index (χ4v) is 1.49. The van der Waals surface area contributed by atoms with Crippen LogP contribution in [0.1, 0.15) is 24.4 Å². The number of nitrogens with zero attached hydrogens (tertiary/aromatic N) is 2. The number of rotatable bonds is 3. The van der Waals surface area contributed by atoms with Gasteiger partial charge in [-0.15, -0.1) is 0 Å². The van der Waals surface area contributed by atoms with Gasteiger partial charge >= 0.3 is 0 Å². The molecule has 1 aromatic heterocycles. The van der Waals surface area contributed by atoms with E-state index in [0.717, 1.165) is 6.42 Å². The number of ether oxygens (including phenoxy) is 1. The predicted molar refractivity (Wildman–Crippen MR) is 49.7 cm³/mol. The smallest absolute Gasteiger partial charge is 0.258 e. The maximum Gasteiger partial charge on any atom is 0.258 e. The van der Waals surface area contributed by atoms with Crippen LogP contribution in [-0.2, 0) is 6.42 Å². The molecule has 1 aliphatic carbocycles. The van der Waals surface area contributed by atoms with Crippen molar-refractivity contribution in [2.45, 2.75) is 26.2 Å². The van der Waals surface area contributed by atoms with Crippen LogP contribution in [0.15, 0.2) is 0 Å². The average molecular weight is 196 g/mol. The largest absolute Gasteiger partial charge is 0.490 e. The van der Waals surface area contributed by atoms with E-state index in [1.54, 1.807) is 6.92 Å². The van der Waals surface area contributed by atoms with Crippen molar-refractivity contribution in [3.05, 3.63) is 17.5 Å². The van der Waals surface area contributed by atoms with Crippen molar-refractivity contribution in [1.29, 1.82) is 0 Å². The lowest BCUT2D eigenvalue weighted by Crippen LogP contribution is -2.04. The first-order chi connectivity index (χ1) is 6.70. The van der Waals surface area contributed by atoms with E-state index < -0.39 is 5.95 Å². The molecule has 14 heavy (non-hydrogen) atoms. The summed E-state index contributed by atoms with van der Waals surface area (Å²) in [6, 6.07) is 0. The first-order valence-electron chi connectivity index (χ1n) is 4.77. The van der Waals surface area contributed by atoms with Crippen molar-refractivity contribution in [3.8, 4) is 5.75 Å². The molecule has 2 rings (SSSR count). The molecule has 0 aliphatic heterocycles. The van der Waals surface area contributed by atoms with Crippen molar-refractivity contribution < 1.29 is 9.13 Å². The number of halogens is 1. The quantitative estimate of drug-likeness (QED) is 0.692. The molecular formula is C10H13FN2O. The van der Waals surface area contributed by atoms with Crippen molar-refractivity contribution in [2.24, 2.45) is 5.92 Å². The van der Waals surface area contributed by atoms with Gasteiger partial charge in [-0.3, -0.25) is 0 Å². The van der Waals surface area contributed by atoms with Crippen molar-refractivity contribution >= 4 is 0 Å². The van der Waals surface area contributed by atoms with Crippen LogP contribution in [0, 0.1) is 18.8 Å². The SMILES string of the molecule is COc1c(C)nc(CC2CC2)nc1F. The molecule has 0 N–H and O–H groups in total. The van der Waals surface area contributed by atoms with Gasteiger partial charge in [0.15, 0.2) is 5.75 Å². The molecule has 0 bridgehead atoms. The van der Waals surface area contributed by atoms with Crippen LogP contribution in [0.4, 0.5) is 4.39 Å². The van der Waals surface area contributed by atoms with Crippen LogP contribution in [-0.4, -0.2) is 17.1 Å². The molecule has 0 spiro atoms. The molecule has 3 nitrogen and oxygen atoms in total. The Balaban J connectivity index is 2.25. The van der Waals surface area contributed by atoms with Gasteiger partial charge in [0.25, 0.3) is 5.95 Å². The summed E-state index contributed by atoms with van der Waals surface area (Å²) >= 11 is 0. The lowest BCUT2D eigenvalue weighted by molar-refractivity contribution is 0.368. The molecule has 0 saturated heterocycles. The van der Waals surface area contributed by atoms with Crippen LogP contribution in [0.3, 0.4) is 0 Å². The Morgan fingerprint density at radius 1 is 1.43 bits per heavy atom. The molecule has 4 heteroatoms. The summed E-state index contributed by atoms with van der Waals surface area (Å²) in [6.45, 7) is 1.74. The molecule has 76 valence electrons. The average Bonchev–Trinajstić information content (AvgIpc) is 2.87. The van der Waals surface area contributed by atoms with E-state index in [0.29, 0.717) is 17.4 Å². The summed E-state index contributed by atoms with van der Waals surface area (Å²) in [5.41, 5.74) is 0.579. The van der Waals surface area contributed by atoms with E-state index in [9.17, 15) is 4.39 Å². The summed E-state index contributed by atoms with van der Waals surface area (Å²) in [5, 5.41) is 0. The van der Waals surface area contributed by atoms with Crippen LogP contribution < -0.4 is 4.74 Å². The predicted octanol–water partition coefficient (Wildman–Crippen LogP) is 1.89. The van der Waals surface area contributed by atoms with Crippen molar-refractivity contribution in [1.82, 2.24) is 9.97 Å². The summed E-state index contributed by atoms with van der Waals surface area (Å²) < 4.78 is 18.2. The molecule has 0 amide bonds. The Hall–Kier alpha value is -1.19. The van der Waals surface area contributed by atoms with Gasteiger partial charge in [-0.05, 0) is 25.7 Å². The molecular weight excluding hydrogens is 183 g/mol. The van der Waals surface area contributed by atoms with Gasteiger partial charge in [0.2, 0.25) is 0 Å². The Bertz CT molecular complexity index is 327. The highest BCUT2D eigenvalue weighted by Crippen LogP contribution is 2.32. The van der Waals surface area contributed by atoms with E-state index in [2.05, 4.69) is 9.97 Å². The zero-order valence-electron chi connectivity index (χ0n) is 8.38. The van der Waals surface area contributed by atoms with Gasteiger partial charge in [-0.1, -0.05) is 0 Å². The summed E-state index contributed by atoms with van der Waals surface area (Å²) in [4.78, 5) is 7.99.